The van der Waals surface area contributed by atoms with Gasteiger partial charge in [-0.25, -0.2) is 0 Å². The van der Waals surface area contributed by atoms with E-state index in [9.17, 15) is 24.9 Å². The average Bonchev–Trinajstić information content (AvgIpc) is 3.05. The molecule has 4 saturated carbocycles. The number of carboxylic acids is 1. The van der Waals surface area contributed by atoms with Crippen molar-refractivity contribution in [3.05, 3.63) is 22.8 Å². The first kappa shape index (κ1) is 28.4. The van der Waals surface area contributed by atoms with E-state index in [1.807, 2.05) is 19.9 Å². The van der Waals surface area contributed by atoms with Gasteiger partial charge in [-0.3, -0.25) is 4.79 Å². The predicted octanol–water partition coefficient (Wildman–Crippen LogP) is 4.33. The molecule has 4 aliphatic carbocycles. The molecule has 0 saturated heterocycles. The summed E-state index contributed by atoms with van der Waals surface area (Å²) in [7, 11) is 0. The minimum absolute atomic E-state index is 0.0318. The third-order valence-electron chi connectivity index (χ3n) is 11.6. The fourth-order valence-corrected chi connectivity index (χ4v) is 9.78. The molecule has 0 spiro atoms. The number of carbonyl (C=O) groups excluding carboxylic acids is 2. The maximum Gasteiger partial charge on any atom is 0.303 e. The summed E-state index contributed by atoms with van der Waals surface area (Å²) in [6.45, 7) is 14.4. The van der Waals surface area contributed by atoms with Gasteiger partial charge in [0.25, 0.3) is 0 Å². The Morgan fingerprint density at radius 3 is 2.32 bits per heavy atom. The van der Waals surface area contributed by atoms with Crippen LogP contribution in [-0.4, -0.2) is 40.5 Å². The fraction of sp³-hybridized carbons (Fsp3) is 0.806. The van der Waals surface area contributed by atoms with Crippen LogP contribution in [0, 0.1) is 39.9 Å². The minimum atomic E-state index is -1.20. The van der Waals surface area contributed by atoms with Gasteiger partial charge >= 0.3 is 5.97 Å². The Hall–Kier alpha value is -1.66. The molecule has 0 heterocycles. The Kier molecular flexibility index (Phi) is 7.53. The highest BCUT2D eigenvalue weighted by Crippen LogP contribution is 2.74. The van der Waals surface area contributed by atoms with Crippen molar-refractivity contribution >= 4 is 11.9 Å². The van der Waals surface area contributed by atoms with Crippen molar-refractivity contribution in [3.8, 4) is 0 Å². The predicted molar refractivity (Wildman–Crippen MR) is 140 cm³/mol. The molecule has 0 radical (unpaired) electrons. The second-order valence-electron chi connectivity index (χ2n) is 13.6. The molecule has 0 amide bonds. The normalized spacial score (nSPS) is 46.2. The van der Waals surface area contributed by atoms with Gasteiger partial charge in [0, 0.05) is 6.92 Å². The number of carboxylic acid groups (broad SMARTS) is 1. The largest absolute Gasteiger partial charge is 0.545 e. The molecule has 4 aliphatic rings. The Bertz CT molecular complexity index is 994. The summed E-state index contributed by atoms with van der Waals surface area (Å²) < 4.78 is 5.84. The average molecular weight is 516 g/mol. The van der Waals surface area contributed by atoms with Gasteiger partial charge in [-0.1, -0.05) is 39.3 Å². The zero-order valence-electron chi connectivity index (χ0n) is 23.8. The molecule has 208 valence electrons. The van der Waals surface area contributed by atoms with Crippen molar-refractivity contribution in [1.29, 1.82) is 0 Å². The van der Waals surface area contributed by atoms with Crippen LogP contribution >= 0.6 is 0 Å². The number of hydrogen-bond donors (Lipinski definition) is 2. The van der Waals surface area contributed by atoms with E-state index >= 15 is 0 Å². The molecule has 0 aromatic carbocycles. The number of aliphatic hydroxyl groups excluding tert-OH is 2. The molecule has 4 fully saturated rings. The second-order valence-corrected chi connectivity index (χ2v) is 13.6. The molecule has 0 aromatic heterocycles. The van der Waals surface area contributed by atoms with E-state index in [1.54, 1.807) is 0 Å². The Labute approximate surface area is 222 Å². The second kappa shape index (κ2) is 9.82. The zero-order chi connectivity index (χ0) is 27.5. The Morgan fingerprint density at radius 1 is 1.05 bits per heavy atom. The van der Waals surface area contributed by atoms with Crippen LogP contribution in [0.25, 0.3) is 0 Å². The number of allylic oxidation sites excluding steroid dienone is 2. The number of aliphatic hydroxyl groups is 2. The first-order chi connectivity index (χ1) is 17.2. The third kappa shape index (κ3) is 4.40. The minimum Gasteiger partial charge on any atom is -0.545 e. The Morgan fingerprint density at radius 2 is 1.73 bits per heavy atom. The number of rotatable bonds is 5. The maximum absolute atomic E-state index is 12.5. The number of ether oxygens (including phenoxy) is 1. The Balaban J connectivity index is 1.82. The van der Waals surface area contributed by atoms with Crippen LogP contribution in [0.2, 0.25) is 0 Å². The summed E-state index contributed by atoms with van der Waals surface area (Å²) in [6.07, 6.45) is 5.92. The SMILES string of the molecule is CC(=O)OC1CC2(C)C(CC(O)C3C4(C)CCC(O)[C@@H](C)C4CCC32C)C1=C(CCC=C(C)C)C(=O)[O-]. The van der Waals surface area contributed by atoms with Gasteiger partial charge in [0.05, 0.1) is 18.2 Å². The van der Waals surface area contributed by atoms with E-state index in [0.717, 1.165) is 31.3 Å². The maximum atomic E-state index is 12.5. The van der Waals surface area contributed by atoms with Gasteiger partial charge in [0.2, 0.25) is 0 Å². The number of hydrogen-bond acceptors (Lipinski definition) is 6. The van der Waals surface area contributed by atoms with Crippen molar-refractivity contribution < 1.29 is 29.6 Å². The molecule has 6 nitrogen and oxygen atoms in total. The van der Waals surface area contributed by atoms with E-state index in [0.29, 0.717) is 37.2 Å². The molecular formula is C31H47O6-. The number of aliphatic carboxylic acids is 1. The molecular weight excluding hydrogens is 468 g/mol. The van der Waals surface area contributed by atoms with Gasteiger partial charge in [-0.05, 0) is 116 Å². The van der Waals surface area contributed by atoms with Crippen LogP contribution in [0.1, 0.15) is 99.8 Å². The highest BCUT2D eigenvalue weighted by molar-refractivity contribution is 5.86. The lowest BCUT2D eigenvalue weighted by atomic mass is 9.36. The standard InChI is InChI=1S/C31H48O6/c1-17(2)9-8-10-20(28(35)36)26-22-15-24(34)27-29(5)13-12-23(33)18(3)21(29)11-14-30(27,6)31(22,7)16-25(26)37-19(4)32/h9,18,21-25,27,33-34H,8,10-16H2,1-7H3,(H,35,36)/p-1/t18-,21?,22?,23?,24?,25?,27?,29?,30?,31?/m0/s1. The van der Waals surface area contributed by atoms with Gasteiger partial charge in [0.1, 0.15) is 6.10 Å². The van der Waals surface area contributed by atoms with Crippen molar-refractivity contribution in [2.45, 2.75) is 118 Å². The lowest BCUT2D eigenvalue weighted by molar-refractivity contribution is -0.299. The topological polar surface area (TPSA) is 107 Å². The molecule has 6 heteroatoms. The smallest absolute Gasteiger partial charge is 0.303 e. The third-order valence-corrected chi connectivity index (χ3v) is 11.6. The van der Waals surface area contributed by atoms with Crippen molar-refractivity contribution in [1.82, 2.24) is 0 Å². The van der Waals surface area contributed by atoms with Crippen LogP contribution in [0.15, 0.2) is 22.8 Å². The van der Waals surface area contributed by atoms with Crippen LogP contribution < -0.4 is 5.11 Å². The van der Waals surface area contributed by atoms with E-state index in [2.05, 4.69) is 27.7 Å². The lowest BCUT2D eigenvalue weighted by Crippen LogP contribution is -2.65. The van der Waals surface area contributed by atoms with E-state index in [4.69, 9.17) is 4.74 Å². The molecule has 10 atom stereocenters. The summed E-state index contributed by atoms with van der Waals surface area (Å²) in [5.41, 5.74) is 1.31. The van der Waals surface area contributed by atoms with Crippen LogP contribution in [0.3, 0.4) is 0 Å². The number of esters is 1. The van der Waals surface area contributed by atoms with Crippen molar-refractivity contribution in [2.75, 3.05) is 0 Å². The highest BCUT2D eigenvalue weighted by Gasteiger charge is 2.70. The highest BCUT2D eigenvalue weighted by atomic mass is 16.5. The molecule has 4 rings (SSSR count). The molecule has 37 heavy (non-hydrogen) atoms. The molecule has 9 unspecified atom stereocenters. The number of fused-ring (bicyclic) bond motifs is 5. The van der Waals surface area contributed by atoms with Crippen molar-refractivity contribution in [2.24, 2.45) is 39.9 Å². The van der Waals surface area contributed by atoms with Gasteiger partial charge in [-0.15, -0.1) is 0 Å². The van der Waals surface area contributed by atoms with Gasteiger partial charge in [0.15, 0.2) is 0 Å². The van der Waals surface area contributed by atoms with Crippen molar-refractivity contribution in [3.63, 3.8) is 0 Å². The molecule has 0 aliphatic heterocycles. The van der Waals surface area contributed by atoms with Crippen LogP contribution in [0.4, 0.5) is 0 Å². The van der Waals surface area contributed by atoms with E-state index in [-0.39, 0.29) is 45.7 Å². The first-order valence-electron chi connectivity index (χ1n) is 14.3. The summed E-state index contributed by atoms with van der Waals surface area (Å²) >= 11 is 0. The number of carbonyl (C=O) groups is 2. The monoisotopic (exact) mass is 515 g/mol. The summed E-state index contributed by atoms with van der Waals surface area (Å²) in [5.74, 6) is -1.25. The first-order valence-corrected chi connectivity index (χ1v) is 14.3. The lowest BCUT2D eigenvalue weighted by Gasteiger charge is -2.69. The van der Waals surface area contributed by atoms with Gasteiger partial charge in [-0.2, -0.15) is 0 Å². The van der Waals surface area contributed by atoms with E-state index in [1.165, 1.54) is 6.92 Å². The zero-order valence-corrected chi connectivity index (χ0v) is 23.8. The van der Waals surface area contributed by atoms with Crippen LogP contribution in [-0.2, 0) is 14.3 Å². The molecule has 0 bridgehead atoms. The quantitative estimate of drug-likeness (QED) is 0.321. The van der Waals surface area contributed by atoms with Gasteiger partial charge < -0.3 is 24.9 Å². The fourth-order valence-electron chi connectivity index (χ4n) is 9.78. The summed E-state index contributed by atoms with van der Waals surface area (Å²) in [5, 5.41) is 35.0. The summed E-state index contributed by atoms with van der Waals surface area (Å²) in [6, 6.07) is 0. The van der Waals surface area contributed by atoms with Crippen LogP contribution in [0.5, 0.6) is 0 Å². The summed E-state index contributed by atoms with van der Waals surface area (Å²) in [4.78, 5) is 24.7. The molecule has 0 aromatic rings. The van der Waals surface area contributed by atoms with E-state index < -0.39 is 24.1 Å². The molecule has 2 N–H and O–H groups in total.